The van der Waals surface area contributed by atoms with Crippen molar-refractivity contribution < 1.29 is 17.9 Å². The number of amides is 1. The van der Waals surface area contributed by atoms with Crippen molar-refractivity contribution in [1.29, 1.82) is 0 Å². The predicted octanol–water partition coefficient (Wildman–Crippen LogP) is 3.31. The van der Waals surface area contributed by atoms with Crippen LogP contribution in [0.1, 0.15) is 36.6 Å². The molecule has 0 unspecified atom stereocenters. The zero-order valence-corrected chi connectivity index (χ0v) is 22.6. The van der Waals surface area contributed by atoms with Crippen LogP contribution in [0.2, 0.25) is 0 Å². The second-order valence-corrected chi connectivity index (χ2v) is 11.9. The van der Waals surface area contributed by atoms with Crippen LogP contribution in [0, 0.1) is 0 Å². The molecule has 40 heavy (non-hydrogen) atoms. The summed E-state index contributed by atoms with van der Waals surface area (Å²) in [7, 11) is -3.47. The molecule has 0 radical (unpaired) electrons. The Morgan fingerprint density at radius 2 is 1.75 bits per heavy atom. The van der Waals surface area contributed by atoms with E-state index in [1.807, 2.05) is 31.2 Å². The van der Waals surface area contributed by atoms with E-state index in [9.17, 15) is 13.2 Å². The van der Waals surface area contributed by atoms with E-state index in [2.05, 4.69) is 35.0 Å². The average molecular weight is 558 g/mol. The minimum Gasteiger partial charge on any atom is -0.477 e. The van der Waals surface area contributed by atoms with E-state index in [0.29, 0.717) is 60.8 Å². The number of fused-ring (bicyclic) bond motifs is 1. The molecule has 0 atom stereocenters. The average Bonchev–Trinajstić information content (AvgIpc) is 3.75. The van der Waals surface area contributed by atoms with Crippen LogP contribution >= 0.6 is 0 Å². The number of pyridine rings is 1. The Hall–Kier alpha value is -4.45. The highest BCUT2D eigenvalue weighted by molar-refractivity contribution is 7.93. The quantitative estimate of drug-likeness (QED) is 0.316. The molecule has 2 aliphatic rings. The van der Waals surface area contributed by atoms with E-state index in [1.165, 1.54) is 12.4 Å². The molecule has 11 nitrogen and oxygen atoms in total. The van der Waals surface area contributed by atoms with Gasteiger partial charge in [0.2, 0.25) is 27.8 Å². The monoisotopic (exact) mass is 557 g/mol. The second-order valence-electron chi connectivity index (χ2n) is 9.91. The van der Waals surface area contributed by atoms with Gasteiger partial charge in [0.15, 0.2) is 0 Å². The van der Waals surface area contributed by atoms with Crippen molar-refractivity contribution in [2.24, 2.45) is 0 Å². The number of anilines is 2. The summed E-state index contributed by atoms with van der Waals surface area (Å²) in [5.74, 6) is 0.196. The molecule has 6 rings (SSSR count). The number of nitrogens with one attached hydrogen (secondary N) is 2. The molecule has 2 aliphatic carbocycles. The lowest BCUT2D eigenvalue weighted by atomic mass is 9.79. The third kappa shape index (κ3) is 5.09. The molecule has 1 amide bonds. The van der Waals surface area contributed by atoms with Crippen LogP contribution in [0.15, 0.2) is 67.4 Å². The van der Waals surface area contributed by atoms with E-state index in [0.717, 1.165) is 11.1 Å². The molecule has 0 spiro atoms. The van der Waals surface area contributed by atoms with Crippen LogP contribution < -0.4 is 14.8 Å². The van der Waals surface area contributed by atoms with Crippen LogP contribution in [-0.4, -0.2) is 51.1 Å². The number of nitrogens with zero attached hydrogens (tertiary/aromatic N) is 5. The van der Waals surface area contributed by atoms with Gasteiger partial charge in [-0.2, -0.15) is 0 Å². The van der Waals surface area contributed by atoms with Crippen LogP contribution in [0.5, 0.6) is 5.88 Å². The summed E-state index contributed by atoms with van der Waals surface area (Å²) in [5.41, 5.74) is 3.01. The van der Waals surface area contributed by atoms with E-state index in [4.69, 9.17) is 4.74 Å². The first kappa shape index (κ1) is 25.8. The first-order chi connectivity index (χ1) is 19.4. The molecular weight excluding hydrogens is 530 g/mol. The maximum absolute atomic E-state index is 14.0. The van der Waals surface area contributed by atoms with Gasteiger partial charge in [-0.3, -0.25) is 24.8 Å². The summed E-state index contributed by atoms with van der Waals surface area (Å²) in [6, 6.07) is 11.1. The Bertz CT molecular complexity index is 1650. The van der Waals surface area contributed by atoms with Crippen molar-refractivity contribution in [3.8, 4) is 17.1 Å². The number of rotatable bonds is 9. The zero-order valence-electron chi connectivity index (χ0n) is 21.7. The summed E-state index contributed by atoms with van der Waals surface area (Å²) in [4.78, 5) is 35.8. The predicted molar refractivity (Wildman–Crippen MR) is 148 cm³/mol. The third-order valence-corrected chi connectivity index (χ3v) is 8.96. The Labute approximate surface area is 231 Å². The van der Waals surface area contributed by atoms with Gasteiger partial charge in [0.05, 0.1) is 46.7 Å². The molecule has 1 fully saturated rings. The number of carbonyl (C=O) groups is 1. The van der Waals surface area contributed by atoms with Crippen LogP contribution in [-0.2, 0) is 33.1 Å². The maximum atomic E-state index is 14.0. The fraction of sp³-hybridized carbons (Fsp3) is 0.286. The Morgan fingerprint density at radius 3 is 2.42 bits per heavy atom. The lowest BCUT2D eigenvalue weighted by Crippen LogP contribution is -2.42. The third-order valence-electron chi connectivity index (χ3n) is 7.09. The van der Waals surface area contributed by atoms with E-state index < -0.39 is 15.4 Å². The Morgan fingerprint density at radius 1 is 1.02 bits per heavy atom. The molecule has 3 aromatic heterocycles. The molecule has 0 bridgehead atoms. The number of sulfonamides is 1. The fourth-order valence-corrected chi connectivity index (χ4v) is 6.28. The van der Waals surface area contributed by atoms with Crippen molar-refractivity contribution in [2.45, 2.75) is 43.3 Å². The molecule has 3 heterocycles. The first-order valence-corrected chi connectivity index (χ1v) is 14.5. The van der Waals surface area contributed by atoms with E-state index in [-0.39, 0.29) is 17.1 Å². The molecule has 0 aliphatic heterocycles. The highest BCUT2D eigenvalue weighted by Crippen LogP contribution is 2.41. The first-order valence-electron chi connectivity index (χ1n) is 13.0. The number of ether oxygens (including phenoxy) is 1. The van der Waals surface area contributed by atoms with Gasteiger partial charge in [0, 0.05) is 24.2 Å². The summed E-state index contributed by atoms with van der Waals surface area (Å²) < 4.78 is 33.2. The molecule has 4 aromatic rings. The zero-order chi connectivity index (χ0) is 27.7. The largest absolute Gasteiger partial charge is 0.477 e. The molecule has 12 heteroatoms. The standard InChI is InChI=1S/C28H27N7O4S/c1-2-39-25-17-29-16-23(33-25)20-14-31-27(32-15-20)34-26(36)28(12-18-5-3-4-6-19(18)13-28)24-11-21(9-10-30-24)35-40(37,38)22-7-8-22/h3-6,9-11,14-17,22H,2,7-8,12-13H2,1H3,(H,30,35)(H,31,32,34,36). The van der Waals surface area contributed by atoms with Gasteiger partial charge < -0.3 is 4.74 Å². The lowest BCUT2D eigenvalue weighted by Gasteiger charge is -2.27. The number of carbonyl (C=O) groups excluding carboxylic acids is 1. The maximum Gasteiger partial charge on any atom is 0.239 e. The van der Waals surface area contributed by atoms with Crippen molar-refractivity contribution in [2.75, 3.05) is 16.6 Å². The van der Waals surface area contributed by atoms with Crippen molar-refractivity contribution in [3.63, 3.8) is 0 Å². The van der Waals surface area contributed by atoms with Gasteiger partial charge in [-0.25, -0.2) is 23.4 Å². The number of aromatic nitrogens is 5. The number of hydrogen-bond donors (Lipinski definition) is 2. The van der Waals surface area contributed by atoms with Gasteiger partial charge >= 0.3 is 0 Å². The molecule has 204 valence electrons. The second kappa shape index (κ2) is 10.3. The fourth-order valence-electron chi connectivity index (χ4n) is 4.91. The topological polar surface area (TPSA) is 149 Å². The minimum absolute atomic E-state index is 0.128. The van der Waals surface area contributed by atoms with Crippen LogP contribution in [0.4, 0.5) is 11.6 Å². The SMILES string of the molecule is CCOc1cncc(-c2cnc(NC(=O)C3(c4cc(NS(=O)(=O)C5CC5)ccn4)Cc4ccccc4C3)nc2)n1. The number of hydrogen-bond acceptors (Lipinski definition) is 9. The van der Waals surface area contributed by atoms with Gasteiger partial charge in [0.1, 0.15) is 0 Å². The van der Waals surface area contributed by atoms with Crippen molar-refractivity contribution in [1.82, 2.24) is 24.9 Å². The summed E-state index contributed by atoms with van der Waals surface area (Å²) in [6.45, 7) is 2.33. The number of benzene rings is 1. The minimum atomic E-state index is -3.47. The molecule has 0 saturated heterocycles. The lowest BCUT2D eigenvalue weighted by molar-refractivity contribution is -0.121. The van der Waals surface area contributed by atoms with Gasteiger partial charge in [-0.1, -0.05) is 24.3 Å². The summed E-state index contributed by atoms with van der Waals surface area (Å²) in [5, 5.41) is 2.49. The molecule has 2 N–H and O–H groups in total. The van der Waals surface area contributed by atoms with E-state index in [1.54, 1.807) is 30.7 Å². The van der Waals surface area contributed by atoms with Crippen molar-refractivity contribution >= 4 is 27.6 Å². The smallest absolute Gasteiger partial charge is 0.239 e. The Balaban J connectivity index is 1.28. The summed E-state index contributed by atoms with van der Waals surface area (Å²) in [6.07, 6.45) is 9.87. The normalized spacial score (nSPS) is 15.7. The molecule has 1 saturated carbocycles. The van der Waals surface area contributed by atoms with Gasteiger partial charge in [-0.05, 0) is 55.9 Å². The van der Waals surface area contributed by atoms with Crippen molar-refractivity contribution in [3.05, 3.63) is 84.2 Å². The molecular formula is C28H27N7O4S. The molecule has 1 aromatic carbocycles. The van der Waals surface area contributed by atoms with Gasteiger partial charge in [-0.15, -0.1) is 0 Å². The van der Waals surface area contributed by atoms with Crippen LogP contribution in [0.3, 0.4) is 0 Å². The highest BCUT2D eigenvalue weighted by Gasteiger charge is 2.47. The highest BCUT2D eigenvalue weighted by atomic mass is 32.2. The van der Waals surface area contributed by atoms with E-state index >= 15 is 0 Å². The van der Waals surface area contributed by atoms with Gasteiger partial charge in [0.25, 0.3) is 0 Å². The van der Waals surface area contributed by atoms with Crippen LogP contribution in [0.25, 0.3) is 11.3 Å². The Kier molecular flexibility index (Phi) is 6.62. The summed E-state index contributed by atoms with van der Waals surface area (Å²) >= 11 is 0.